The molecule has 0 bridgehead atoms. The Hall–Kier alpha value is -1.93. The number of carbonyl (C=O) groups is 1. The Morgan fingerprint density at radius 3 is 2.21 bits per heavy atom. The Bertz CT molecular complexity index is 955. The van der Waals surface area contributed by atoms with Gasteiger partial charge in [-0.05, 0) is 62.4 Å². The van der Waals surface area contributed by atoms with E-state index in [1.807, 2.05) is 19.1 Å². The Morgan fingerprint density at radius 2 is 1.69 bits per heavy atom. The molecule has 0 radical (unpaired) electrons. The van der Waals surface area contributed by atoms with E-state index in [4.69, 9.17) is 11.6 Å². The van der Waals surface area contributed by atoms with E-state index in [-0.39, 0.29) is 16.9 Å². The first-order chi connectivity index (χ1) is 13.7. The third kappa shape index (κ3) is 5.57. The second-order valence-electron chi connectivity index (χ2n) is 7.53. The van der Waals surface area contributed by atoms with Gasteiger partial charge < -0.3 is 10.4 Å². The minimum Gasteiger partial charge on any atom is -0.391 e. The number of nitrogens with one attached hydrogen (secondary N) is 2. The zero-order valence-corrected chi connectivity index (χ0v) is 17.9. The average Bonchev–Trinajstić information content (AvgIpc) is 3.50. The molecular weight excluding hydrogens is 412 g/mol. The highest BCUT2D eigenvalue weighted by Crippen LogP contribution is 2.41. The molecule has 0 heterocycles. The summed E-state index contributed by atoms with van der Waals surface area (Å²) in [6.45, 7) is 3.24. The van der Waals surface area contributed by atoms with E-state index in [0.717, 1.165) is 24.0 Å². The van der Waals surface area contributed by atoms with Crippen LogP contribution in [0.4, 0.5) is 0 Å². The first kappa shape index (κ1) is 21.8. The number of amides is 1. The third-order valence-corrected chi connectivity index (χ3v) is 6.71. The molecule has 1 aliphatic rings. The highest BCUT2D eigenvalue weighted by atomic mass is 35.5. The Labute approximate surface area is 176 Å². The fourth-order valence-electron chi connectivity index (χ4n) is 3.14. The van der Waals surface area contributed by atoms with Crippen LogP contribution < -0.4 is 10.0 Å². The lowest BCUT2D eigenvalue weighted by Gasteiger charge is -2.25. The van der Waals surface area contributed by atoms with Crippen LogP contribution in [0.3, 0.4) is 0 Å². The maximum atomic E-state index is 12.9. The normalized spacial score (nSPS) is 17.4. The third-order valence-electron chi connectivity index (χ3n) is 5.00. The van der Waals surface area contributed by atoms with Crippen molar-refractivity contribution in [2.24, 2.45) is 5.92 Å². The first-order valence-electron chi connectivity index (χ1n) is 9.50. The minimum atomic E-state index is -3.97. The summed E-state index contributed by atoms with van der Waals surface area (Å²) in [7, 11) is -3.97. The maximum absolute atomic E-state index is 12.9. The summed E-state index contributed by atoms with van der Waals surface area (Å²) in [5.74, 6) is -0.286. The second kappa shape index (κ2) is 8.83. The number of aryl methyl sites for hydroxylation is 1. The summed E-state index contributed by atoms with van der Waals surface area (Å²) in [6, 6.07) is 11.9. The van der Waals surface area contributed by atoms with E-state index >= 15 is 0 Å². The number of halogens is 1. The minimum absolute atomic E-state index is 0.0398. The van der Waals surface area contributed by atoms with Gasteiger partial charge in [0, 0.05) is 5.02 Å². The van der Waals surface area contributed by atoms with Gasteiger partial charge in [-0.2, -0.15) is 4.72 Å². The number of aliphatic hydroxyl groups is 1. The second-order valence-corrected chi connectivity index (χ2v) is 9.68. The predicted molar refractivity (Wildman–Crippen MR) is 112 cm³/mol. The van der Waals surface area contributed by atoms with E-state index in [1.54, 1.807) is 24.3 Å². The zero-order valence-electron chi connectivity index (χ0n) is 16.3. The molecule has 1 amide bonds. The van der Waals surface area contributed by atoms with Crippen molar-refractivity contribution in [3.8, 4) is 0 Å². The molecule has 3 N–H and O–H groups in total. The Morgan fingerprint density at radius 1 is 1.10 bits per heavy atom. The van der Waals surface area contributed by atoms with Crippen LogP contribution in [0.1, 0.15) is 36.9 Å². The van der Waals surface area contributed by atoms with E-state index in [0.29, 0.717) is 5.02 Å². The molecule has 2 aromatic carbocycles. The van der Waals surface area contributed by atoms with Crippen molar-refractivity contribution in [1.29, 1.82) is 0 Å². The SMILES string of the molecule is Cc1ccc(S(=O)(=O)NC(C(=O)NC(c2ccc(Cl)cc2)C2CC2)C(C)O)cc1. The van der Waals surface area contributed by atoms with Gasteiger partial charge in [-0.1, -0.05) is 41.4 Å². The van der Waals surface area contributed by atoms with Crippen molar-refractivity contribution in [2.75, 3.05) is 0 Å². The lowest BCUT2D eigenvalue weighted by molar-refractivity contribution is -0.125. The van der Waals surface area contributed by atoms with Crippen molar-refractivity contribution in [3.63, 3.8) is 0 Å². The topological polar surface area (TPSA) is 95.5 Å². The lowest BCUT2D eigenvalue weighted by Crippen LogP contribution is -2.53. The summed E-state index contributed by atoms with van der Waals surface area (Å²) in [5.41, 5.74) is 1.82. The summed E-state index contributed by atoms with van der Waals surface area (Å²) in [4.78, 5) is 12.9. The molecule has 2 aromatic rings. The highest BCUT2D eigenvalue weighted by molar-refractivity contribution is 7.89. The molecule has 3 atom stereocenters. The van der Waals surface area contributed by atoms with E-state index in [2.05, 4.69) is 10.0 Å². The summed E-state index contributed by atoms with van der Waals surface area (Å²) >= 11 is 5.95. The van der Waals surface area contributed by atoms with Gasteiger partial charge in [-0.25, -0.2) is 8.42 Å². The van der Waals surface area contributed by atoms with Crippen LogP contribution in [0.5, 0.6) is 0 Å². The average molecular weight is 437 g/mol. The van der Waals surface area contributed by atoms with Gasteiger partial charge in [0.25, 0.3) is 0 Å². The summed E-state index contributed by atoms with van der Waals surface area (Å²) < 4.78 is 27.7. The van der Waals surface area contributed by atoms with Crippen LogP contribution in [-0.2, 0) is 14.8 Å². The standard InChI is InChI=1S/C21H25ClN2O4S/c1-13-3-11-18(12-4-13)29(27,28)24-19(14(2)25)21(26)23-20(15-5-6-15)16-7-9-17(22)10-8-16/h3-4,7-12,14-15,19-20,24-25H,5-6H2,1-2H3,(H,23,26). The number of benzene rings is 2. The smallest absolute Gasteiger partial charge is 0.241 e. The van der Waals surface area contributed by atoms with Gasteiger partial charge in [-0.15, -0.1) is 0 Å². The molecule has 0 saturated heterocycles. The van der Waals surface area contributed by atoms with Crippen molar-refractivity contribution >= 4 is 27.5 Å². The maximum Gasteiger partial charge on any atom is 0.241 e. The van der Waals surface area contributed by atoms with E-state index in [9.17, 15) is 18.3 Å². The van der Waals surface area contributed by atoms with Crippen LogP contribution in [-0.4, -0.2) is 31.6 Å². The van der Waals surface area contributed by atoms with Gasteiger partial charge in [0.1, 0.15) is 6.04 Å². The summed E-state index contributed by atoms with van der Waals surface area (Å²) in [6.07, 6.45) is 0.740. The van der Waals surface area contributed by atoms with Crippen molar-refractivity contribution < 1.29 is 18.3 Å². The fraction of sp³-hybridized carbons (Fsp3) is 0.381. The molecule has 8 heteroatoms. The van der Waals surface area contributed by atoms with Gasteiger partial charge in [0.05, 0.1) is 17.0 Å². The molecule has 0 spiro atoms. The predicted octanol–water partition coefficient (Wildman–Crippen LogP) is 2.94. The van der Waals surface area contributed by atoms with Crippen LogP contribution in [0.15, 0.2) is 53.4 Å². The van der Waals surface area contributed by atoms with Gasteiger partial charge >= 0.3 is 0 Å². The fourth-order valence-corrected chi connectivity index (χ4v) is 4.53. The number of sulfonamides is 1. The van der Waals surface area contributed by atoms with E-state index < -0.39 is 28.1 Å². The molecule has 1 saturated carbocycles. The molecule has 29 heavy (non-hydrogen) atoms. The van der Waals surface area contributed by atoms with E-state index in [1.165, 1.54) is 19.1 Å². The monoisotopic (exact) mass is 436 g/mol. The molecule has 3 unspecified atom stereocenters. The number of hydrogen-bond donors (Lipinski definition) is 3. The van der Waals surface area contributed by atoms with Crippen LogP contribution in [0.2, 0.25) is 5.02 Å². The number of aliphatic hydroxyl groups excluding tert-OH is 1. The Balaban J connectivity index is 1.78. The summed E-state index contributed by atoms with van der Waals surface area (Å²) in [5, 5.41) is 13.6. The van der Waals surface area contributed by atoms with Crippen molar-refractivity contribution in [3.05, 3.63) is 64.7 Å². The van der Waals surface area contributed by atoms with Crippen LogP contribution in [0.25, 0.3) is 0 Å². The molecule has 3 rings (SSSR count). The quantitative estimate of drug-likeness (QED) is 0.592. The lowest BCUT2D eigenvalue weighted by atomic mass is 10.0. The Kier molecular flexibility index (Phi) is 6.63. The van der Waals surface area contributed by atoms with Crippen LogP contribution >= 0.6 is 11.6 Å². The van der Waals surface area contributed by atoms with Gasteiger partial charge in [-0.3, -0.25) is 4.79 Å². The van der Waals surface area contributed by atoms with Gasteiger partial charge in [0.2, 0.25) is 15.9 Å². The van der Waals surface area contributed by atoms with Gasteiger partial charge in [0.15, 0.2) is 0 Å². The number of hydrogen-bond acceptors (Lipinski definition) is 4. The van der Waals surface area contributed by atoms with Crippen molar-refractivity contribution in [2.45, 2.75) is 49.8 Å². The molecule has 1 fully saturated rings. The highest BCUT2D eigenvalue weighted by Gasteiger charge is 2.37. The number of rotatable bonds is 8. The van der Waals surface area contributed by atoms with Crippen molar-refractivity contribution in [1.82, 2.24) is 10.0 Å². The molecule has 156 valence electrons. The first-order valence-corrected chi connectivity index (χ1v) is 11.4. The molecule has 0 aliphatic heterocycles. The molecule has 0 aromatic heterocycles. The molecule has 6 nitrogen and oxygen atoms in total. The largest absolute Gasteiger partial charge is 0.391 e. The zero-order chi connectivity index (χ0) is 21.2. The number of carbonyl (C=O) groups excluding carboxylic acids is 1. The van der Waals surface area contributed by atoms with Crippen LogP contribution in [0, 0.1) is 12.8 Å². The molecular formula is C21H25ClN2O4S. The molecule has 1 aliphatic carbocycles.